The van der Waals surface area contributed by atoms with Crippen LogP contribution < -0.4 is 10.6 Å². The van der Waals surface area contributed by atoms with Crippen LogP contribution in [0.1, 0.15) is 0 Å². The van der Waals surface area contributed by atoms with Gasteiger partial charge >= 0.3 is 0 Å². The zero-order chi connectivity index (χ0) is 11.7. The lowest BCUT2D eigenvalue weighted by molar-refractivity contribution is 0.994. The number of thiazole rings is 1. The summed E-state index contributed by atoms with van der Waals surface area (Å²) in [6.07, 6.45) is 0. The van der Waals surface area contributed by atoms with Gasteiger partial charge in [0.25, 0.3) is 0 Å². The fraction of sp³-hybridized carbons (Fsp3) is 0. The molecule has 0 aliphatic rings. The van der Waals surface area contributed by atoms with Crippen molar-refractivity contribution in [1.29, 1.82) is 0 Å². The third-order valence-corrected chi connectivity index (χ3v) is 3.66. The van der Waals surface area contributed by atoms with Crippen molar-refractivity contribution in [2.45, 2.75) is 0 Å². The Labute approximate surface area is 102 Å². The second kappa shape index (κ2) is 4.07. The van der Waals surface area contributed by atoms with E-state index in [1.165, 1.54) is 4.70 Å². The number of nitrogens with zero attached hydrogens (tertiary/aromatic N) is 2. The quantitative estimate of drug-likeness (QED) is 0.516. The first-order valence-corrected chi connectivity index (χ1v) is 6.12. The van der Waals surface area contributed by atoms with E-state index in [9.17, 15) is 0 Å². The average Bonchev–Trinajstić information content (AvgIpc) is 2.78. The molecule has 0 radical (unpaired) electrons. The summed E-state index contributed by atoms with van der Waals surface area (Å²) in [5.41, 5.74) is 2.21. The van der Waals surface area contributed by atoms with Crippen LogP contribution >= 0.6 is 11.3 Å². The molecule has 0 fully saturated rings. The molecule has 1 heterocycles. The van der Waals surface area contributed by atoms with Gasteiger partial charge in [0, 0.05) is 5.69 Å². The highest BCUT2D eigenvalue weighted by Crippen LogP contribution is 2.20. The average molecular weight is 241 g/mol. The molecule has 17 heavy (non-hydrogen) atoms. The summed E-state index contributed by atoms with van der Waals surface area (Å²) in [6.45, 7) is 0. The van der Waals surface area contributed by atoms with Crippen molar-refractivity contribution < 1.29 is 0 Å². The molecule has 0 aliphatic carbocycles. The van der Waals surface area contributed by atoms with Crippen LogP contribution in [0.15, 0.2) is 59.7 Å². The number of hydrogen-bond acceptors (Lipinski definition) is 3. The molecular weight excluding hydrogens is 230 g/mol. The first kappa shape index (κ1) is 10.1. The summed E-state index contributed by atoms with van der Waals surface area (Å²) in [5.74, 6) is 5.47. The maximum Gasteiger partial charge on any atom is 0.213 e. The first-order chi connectivity index (χ1) is 8.40. The predicted octanol–water partition coefficient (Wildman–Crippen LogP) is 2.47. The van der Waals surface area contributed by atoms with Gasteiger partial charge in [-0.25, -0.2) is 0 Å². The molecule has 0 atom stereocenters. The zero-order valence-corrected chi connectivity index (χ0v) is 9.89. The van der Waals surface area contributed by atoms with E-state index in [0.29, 0.717) is 0 Å². The zero-order valence-electron chi connectivity index (χ0n) is 9.08. The van der Waals surface area contributed by atoms with E-state index in [2.05, 4.69) is 21.8 Å². The minimum absolute atomic E-state index is 0.803. The van der Waals surface area contributed by atoms with Crippen molar-refractivity contribution >= 4 is 21.6 Å². The molecule has 1 aromatic heterocycles. The lowest BCUT2D eigenvalue weighted by atomic mass is 10.3. The maximum atomic E-state index is 5.47. The molecule has 0 bridgehead atoms. The van der Waals surface area contributed by atoms with Crippen LogP contribution in [-0.2, 0) is 0 Å². The molecule has 3 nitrogen and oxygen atoms in total. The summed E-state index contributed by atoms with van der Waals surface area (Å²) in [4.78, 5) is 0.803. The van der Waals surface area contributed by atoms with E-state index < -0.39 is 0 Å². The molecule has 0 amide bonds. The van der Waals surface area contributed by atoms with Crippen LogP contribution in [0.3, 0.4) is 0 Å². The van der Waals surface area contributed by atoms with Crippen LogP contribution in [0.5, 0.6) is 0 Å². The molecule has 0 saturated carbocycles. The van der Waals surface area contributed by atoms with Gasteiger partial charge in [-0.05, 0) is 24.3 Å². The lowest BCUT2D eigenvalue weighted by Crippen LogP contribution is -2.14. The summed E-state index contributed by atoms with van der Waals surface area (Å²) in [5, 5.41) is 3.87. The number of hydrogen-bond donors (Lipinski definition) is 1. The number of aromatic nitrogens is 1. The minimum atomic E-state index is 0.803. The van der Waals surface area contributed by atoms with Crippen molar-refractivity contribution in [2.24, 2.45) is 10.9 Å². The van der Waals surface area contributed by atoms with E-state index >= 15 is 0 Å². The van der Waals surface area contributed by atoms with E-state index in [-0.39, 0.29) is 0 Å². The Kier molecular flexibility index (Phi) is 2.42. The van der Waals surface area contributed by atoms with E-state index in [1.54, 1.807) is 11.3 Å². The Morgan fingerprint density at radius 2 is 1.65 bits per heavy atom. The van der Waals surface area contributed by atoms with Crippen molar-refractivity contribution in [1.82, 2.24) is 4.57 Å². The van der Waals surface area contributed by atoms with Crippen LogP contribution in [0.25, 0.3) is 15.9 Å². The Morgan fingerprint density at radius 1 is 0.941 bits per heavy atom. The third kappa shape index (κ3) is 1.62. The number of fused-ring (bicyclic) bond motifs is 1. The fourth-order valence-corrected chi connectivity index (χ4v) is 2.84. The van der Waals surface area contributed by atoms with Crippen molar-refractivity contribution in [3.8, 4) is 5.69 Å². The molecule has 4 heteroatoms. The first-order valence-electron chi connectivity index (χ1n) is 5.30. The predicted molar refractivity (Wildman–Crippen MR) is 70.9 cm³/mol. The van der Waals surface area contributed by atoms with Gasteiger partial charge in [0.05, 0.1) is 10.2 Å². The normalized spacial score (nSPS) is 12.1. The smallest absolute Gasteiger partial charge is 0.213 e. The summed E-state index contributed by atoms with van der Waals surface area (Å²) in [6, 6.07) is 18.3. The van der Waals surface area contributed by atoms with Gasteiger partial charge in [-0.3, -0.25) is 4.57 Å². The molecular formula is C13H11N3S. The summed E-state index contributed by atoms with van der Waals surface area (Å²) >= 11 is 1.59. The van der Waals surface area contributed by atoms with Crippen LogP contribution in [-0.4, -0.2) is 4.57 Å². The standard InChI is InChI=1S/C13H11N3S/c14-15-13-16(10-6-2-1-3-7-10)11-8-4-5-9-12(11)17-13/h1-9H,14H2/b15-13+. The van der Waals surface area contributed by atoms with Crippen molar-refractivity contribution in [2.75, 3.05) is 0 Å². The SMILES string of the molecule is N/N=c1/sc2ccccc2n1-c1ccccc1. The number of rotatable bonds is 1. The maximum absolute atomic E-state index is 5.47. The molecule has 0 aliphatic heterocycles. The Morgan fingerprint density at radius 3 is 2.41 bits per heavy atom. The minimum Gasteiger partial charge on any atom is -0.320 e. The highest BCUT2D eigenvalue weighted by molar-refractivity contribution is 7.16. The van der Waals surface area contributed by atoms with E-state index in [4.69, 9.17) is 5.84 Å². The number of benzene rings is 2. The van der Waals surface area contributed by atoms with Gasteiger partial charge < -0.3 is 5.84 Å². The van der Waals surface area contributed by atoms with Crippen molar-refractivity contribution in [3.05, 3.63) is 59.4 Å². The molecule has 0 saturated heterocycles. The number of para-hydroxylation sites is 2. The van der Waals surface area contributed by atoms with Gasteiger partial charge in [-0.15, -0.1) is 0 Å². The van der Waals surface area contributed by atoms with Gasteiger partial charge in [-0.2, -0.15) is 5.10 Å². The second-order valence-electron chi connectivity index (χ2n) is 3.65. The topological polar surface area (TPSA) is 43.3 Å². The van der Waals surface area contributed by atoms with Crippen LogP contribution in [0, 0.1) is 0 Å². The van der Waals surface area contributed by atoms with Crippen LogP contribution in [0.2, 0.25) is 0 Å². The molecule has 3 rings (SSSR count). The van der Waals surface area contributed by atoms with Gasteiger partial charge in [0.1, 0.15) is 0 Å². The number of nitrogens with two attached hydrogens (primary N) is 1. The van der Waals surface area contributed by atoms with E-state index in [0.717, 1.165) is 16.0 Å². The Hall–Kier alpha value is -2.07. The van der Waals surface area contributed by atoms with Gasteiger partial charge in [0.15, 0.2) is 0 Å². The third-order valence-electron chi connectivity index (χ3n) is 2.62. The fourth-order valence-electron chi connectivity index (χ4n) is 1.89. The lowest BCUT2D eigenvalue weighted by Gasteiger charge is -2.03. The summed E-state index contributed by atoms with van der Waals surface area (Å²) in [7, 11) is 0. The largest absolute Gasteiger partial charge is 0.320 e. The Balaban J connectivity index is 2.43. The molecule has 0 spiro atoms. The van der Waals surface area contributed by atoms with E-state index in [1.807, 2.05) is 42.5 Å². The Bertz CT molecular complexity index is 710. The summed E-state index contributed by atoms with van der Waals surface area (Å²) < 4.78 is 3.25. The molecule has 3 aromatic rings. The highest BCUT2D eigenvalue weighted by Gasteiger charge is 2.06. The molecule has 2 aromatic carbocycles. The van der Waals surface area contributed by atoms with Gasteiger partial charge in [-0.1, -0.05) is 41.7 Å². The highest BCUT2D eigenvalue weighted by atomic mass is 32.1. The van der Waals surface area contributed by atoms with Gasteiger partial charge in [0.2, 0.25) is 4.80 Å². The molecule has 0 unspecified atom stereocenters. The second-order valence-corrected chi connectivity index (χ2v) is 4.66. The van der Waals surface area contributed by atoms with Crippen LogP contribution in [0.4, 0.5) is 0 Å². The molecule has 84 valence electrons. The monoisotopic (exact) mass is 241 g/mol. The van der Waals surface area contributed by atoms with Crippen molar-refractivity contribution in [3.63, 3.8) is 0 Å². The molecule has 2 N–H and O–H groups in total.